The van der Waals surface area contributed by atoms with Crippen LogP contribution in [-0.4, -0.2) is 36.7 Å². The normalized spacial score (nSPS) is 17.2. The molecular weight excluding hydrogens is 308 g/mol. The summed E-state index contributed by atoms with van der Waals surface area (Å²) >= 11 is 0. The molecule has 2 aromatic rings. The molecule has 25 heavy (non-hydrogen) atoms. The summed E-state index contributed by atoms with van der Waals surface area (Å²) in [5.41, 5.74) is 7.84. The Kier molecular flexibility index (Phi) is 5.26. The maximum Gasteiger partial charge on any atom is 0.0589 e. The van der Waals surface area contributed by atoms with Crippen molar-refractivity contribution in [1.29, 1.82) is 0 Å². The smallest absolute Gasteiger partial charge is 0.0589 e. The van der Waals surface area contributed by atoms with Crippen LogP contribution >= 0.6 is 0 Å². The number of aromatic nitrogens is 1. The molecule has 3 heteroatoms. The molecule has 0 radical (unpaired) electrons. The van der Waals surface area contributed by atoms with Crippen LogP contribution in [0.3, 0.4) is 0 Å². The summed E-state index contributed by atoms with van der Waals surface area (Å²) in [7, 11) is 1.78. The van der Waals surface area contributed by atoms with Crippen LogP contribution < -0.4 is 0 Å². The van der Waals surface area contributed by atoms with Crippen LogP contribution in [0, 0.1) is 13.8 Å². The van der Waals surface area contributed by atoms with E-state index in [1.165, 1.54) is 28.7 Å². The molecule has 1 aromatic heterocycles. The van der Waals surface area contributed by atoms with Gasteiger partial charge < -0.3 is 4.74 Å². The monoisotopic (exact) mass is 338 g/mol. The number of fused-ring (bicyclic) bond motifs is 1. The highest BCUT2D eigenvalue weighted by atomic mass is 16.5. The van der Waals surface area contributed by atoms with Crippen LogP contribution in [0.1, 0.15) is 42.8 Å². The second-order valence-electron chi connectivity index (χ2n) is 7.91. The van der Waals surface area contributed by atoms with Crippen molar-refractivity contribution in [3.05, 3.63) is 52.8 Å². The molecule has 3 rings (SSSR count). The lowest BCUT2D eigenvalue weighted by atomic mass is 9.79. The lowest BCUT2D eigenvalue weighted by Gasteiger charge is -2.25. The van der Waals surface area contributed by atoms with Gasteiger partial charge in [0.05, 0.1) is 6.61 Å². The van der Waals surface area contributed by atoms with Gasteiger partial charge in [0.1, 0.15) is 0 Å². The first-order valence-electron chi connectivity index (χ1n) is 9.19. The number of hydrogen-bond acceptors (Lipinski definition) is 3. The predicted molar refractivity (Wildman–Crippen MR) is 104 cm³/mol. The summed E-state index contributed by atoms with van der Waals surface area (Å²) < 4.78 is 5.30. The molecule has 0 fully saturated rings. The Hall–Kier alpha value is -1.71. The van der Waals surface area contributed by atoms with Crippen molar-refractivity contribution in [3.63, 3.8) is 0 Å². The third-order valence-corrected chi connectivity index (χ3v) is 5.31. The third kappa shape index (κ3) is 4.10. The molecule has 0 amide bonds. The minimum absolute atomic E-state index is 0.208. The summed E-state index contributed by atoms with van der Waals surface area (Å²) in [5, 5.41) is 0. The van der Waals surface area contributed by atoms with Crippen molar-refractivity contribution in [3.8, 4) is 11.1 Å². The standard InChI is InChI=1S/C22H30N2O/c1-16-12-19(13-17(2)23-16)18-6-7-21-20(14-18)15-24(10-11-25-5)9-8-22(21,3)4/h6-7,12-14H,8-11,15H2,1-5H3. The van der Waals surface area contributed by atoms with Crippen molar-refractivity contribution in [2.75, 3.05) is 26.8 Å². The maximum absolute atomic E-state index is 5.30. The second-order valence-corrected chi connectivity index (χ2v) is 7.91. The first-order valence-corrected chi connectivity index (χ1v) is 9.19. The van der Waals surface area contributed by atoms with Crippen LogP contribution in [0.25, 0.3) is 11.1 Å². The fourth-order valence-electron chi connectivity index (χ4n) is 3.87. The Morgan fingerprint density at radius 1 is 1.08 bits per heavy atom. The lowest BCUT2D eigenvalue weighted by molar-refractivity contribution is 0.142. The molecule has 0 atom stereocenters. The average molecular weight is 338 g/mol. The van der Waals surface area contributed by atoms with Crippen molar-refractivity contribution in [2.24, 2.45) is 0 Å². The first kappa shape index (κ1) is 18.1. The Morgan fingerprint density at radius 2 is 1.80 bits per heavy atom. The van der Waals surface area contributed by atoms with Crippen molar-refractivity contribution in [1.82, 2.24) is 9.88 Å². The van der Waals surface area contributed by atoms with Gasteiger partial charge >= 0.3 is 0 Å². The van der Waals surface area contributed by atoms with E-state index in [0.717, 1.165) is 37.6 Å². The predicted octanol–water partition coefficient (Wildman–Crippen LogP) is 4.50. The van der Waals surface area contributed by atoms with E-state index in [-0.39, 0.29) is 5.41 Å². The van der Waals surface area contributed by atoms with Gasteiger partial charge in [-0.2, -0.15) is 0 Å². The quantitative estimate of drug-likeness (QED) is 0.821. The molecular formula is C22H30N2O. The molecule has 0 N–H and O–H groups in total. The van der Waals surface area contributed by atoms with Crippen molar-refractivity contribution in [2.45, 2.75) is 46.1 Å². The molecule has 2 heterocycles. The zero-order valence-electron chi connectivity index (χ0n) is 16.2. The Bertz CT molecular complexity index is 731. The molecule has 1 aromatic carbocycles. The number of aryl methyl sites for hydroxylation is 2. The van der Waals surface area contributed by atoms with Gasteiger partial charge in [-0.3, -0.25) is 9.88 Å². The van der Waals surface area contributed by atoms with Crippen molar-refractivity contribution >= 4 is 0 Å². The molecule has 0 aliphatic carbocycles. The highest BCUT2D eigenvalue weighted by Crippen LogP contribution is 2.36. The minimum atomic E-state index is 0.208. The number of rotatable bonds is 4. The SMILES string of the molecule is COCCN1CCC(C)(C)c2ccc(-c3cc(C)nc(C)c3)cc2C1. The van der Waals surface area contributed by atoms with E-state index in [4.69, 9.17) is 4.74 Å². The average Bonchev–Trinajstić information content (AvgIpc) is 2.68. The highest BCUT2D eigenvalue weighted by Gasteiger charge is 2.28. The summed E-state index contributed by atoms with van der Waals surface area (Å²) in [4.78, 5) is 7.03. The summed E-state index contributed by atoms with van der Waals surface area (Å²) in [6, 6.07) is 11.4. The zero-order chi connectivity index (χ0) is 18.0. The summed E-state index contributed by atoms with van der Waals surface area (Å²) in [5.74, 6) is 0. The molecule has 3 nitrogen and oxygen atoms in total. The number of ether oxygens (including phenoxy) is 1. The van der Waals surface area contributed by atoms with E-state index < -0.39 is 0 Å². The molecule has 1 aliphatic rings. The van der Waals surface area contributed by atoms with Crippen molar-refractivity contribution < 1.29 is 4.74 Å². The van der Waals surface area contributed by atoms with Crippen LogP contribution in [0.4, 0.5) is 0 Å². The maximum atomic E-state index is 5.30. The fraction of sp³-hybridized carbons (Fsp3) is 0.500. The number of nitrogens with zero attached hydrogens (tertiary/aromatic N) is 2. The Labute approximate surface area is 152 Å². The van der Waals surface area contributed by atoms with Gasteiger partial charge in [0.2, 0.25) is 0 Å². The number of hydrogen-bond donors (Lipinski definition) is 0. The van der Waals surface area contributed by atoms with Gasteiger partial charge in [-0.25, -0.2) is 0 Å². The van der Waals surface area contributed by atoms with E-state index in [0.29, 0.717) is 0 Å². The van der Waals surface area contributed by atoms with Crippen LogP contribution in [-0.2, 0) is 16.7 Å². The van der Waals surface area contributed by atoms with Gasteiger partial charge in [-0.1, -0.05) is 26.0 Å². The molecule has 0 saturated carbocycles. The van der Waals surface area contributed by atoms with Gasteiger partial charge in [0.15, 0.2) is 0 Å². The van der Waals surface area contributed by atoms with Gasteiger partial charge in [0, 0.05) is 31.6 Å². The van der Waals surface area contributed by atoms with Crippen LogP contribution in [0.15, 0.2) is 30.3 Å². The van der Waals surface area contributed by atoms with Crippen LogP contribution in [0.5, 0.6) is 0 Å². The molecule has 0 saturated heterocycles. The molecule has 0 unspecified atom stereocenters. The van der Waals surface area contributed by atoms with E-state index in [2.05, 4.69) is 67.9 Å². The highest BCUT2D eigenvalue weighted by molar-refractivity contribution is 5.66. The van der Waals surface area contributed by atoms with Gasteiger partial charge in [-0.05, 0) is 72.7 Å². The number of benzene rings is 1. The van der Waals surface area contributed by atoms with Gasteiger partial charge in [-0.15, -0.1) is 0 Å². The Morgan fingerprint density at radius 3 is 2.48 bits per heavy atom. The largest absolute Gasteiger partial charge is 0.383 e. The summed E-state index contributed by atoms with van der Waals surface area (Å²) in [6.07, 6.45) is 1.18. The third-order valence-electron chi connectivity index (χ3n) is 5.31. The molecule has 0 bridgehead atoms. The van der Waals surface area contributed by atoms with E-state index in [1.807, 2.05) is 0 Å². The second kappa shape index (κ2) is 7.27. The lowest BCUT2D eigenvalue weighted by Crippen LogP contribution is -2.28. The van der Waals surface area contributed by atoms with Gasteiger partial charge in [0.25, 0.3) is 0 Å². The first-order chi connectivity index (χ1) is 11.9. The summed E-state index contributed by atoms with van der Waals surface area (Å²) in [6.45, 7) is 12.8. The minimum Gasteiger partial charge on any atom is -0.383 e. The Balaban J connectivity index is 1.99. The number of methoxy groups -OCH3 is 1. The zero-order valence-corrected chi connectivity index (χ0v) is 16.2. The van der Waals surface area contributed by atoms with E-state index in [9.17, 15) is 0 Å². The molecule has 0 spiro atoms. The molecule has 1 aliphatic heterocycles. The van der Waals surface area contributed by atoms with E-state index in [1.54, 1.807) is 7.11 Å². The van der Waals surface area contributed by atoms with Crippen LogP contribution in [0.2, 0.25) is 0 Å². The number of pyridine rings is 1. The molecule has 134 valence electrons. The topological polar surface area (TPSA) is 25.4 Å². The van der Waals surface area contributed by atoms with E-state index >= 15 is 0 Å². The fourth-order valence-corrected chi connectivity index (χ4v) is 3.87.